The Bertz CT molecular complexity index is 418. The van der Waals surface area contributed by atoms with Crippen molar-refractivity contribution in [1.82, 2.24) is 0 Å². The second-order valence-electron chi connectivity index (χ2n) is 2.88. The SMILES string of the molecule is NCCOc1ccc([N+](=O)[O-])c(C(=O)O)c1. The van der Waals surface area contributed by atoms with Crippen molar-refractivity contribution in [2.24, 2.45) is 5.73 Å². The van der Waals surface area contributed by atoms with E-state index in [1.165, 1.54) is 6.07 Å². The summed E-state index contributed by atoms with van der Waals surface area (Å²) in [4.78, 5) is 20.5. The minimum absolute atomic E-state index is 0.219. The molecule has 0 heterocycles. The van der Waals surface area contributed by atoms with Crippen LogP contribution in [-0.4, -0.2) is 29.2 Å². The average molecular weight is 226 g/mol. The van der Waals surface area contributed by atoms with Crippen LogP contribution in [-0.2, 0) is 0 Å². The molecule has 16 heavy (non-hydrogen) atoms. The summed E-state index contributed by atoms with van der Waals surface area (Å²) in [5.74, 6) is -1.13. The van der Waals surface area contributed by atoms with Gasteiger partial charge in [0.25, 0.3) is 5.69 Å². The number of hydrogen-bond donors (Lipinski definition) is 2. The maximum atomic E-state index is 10.8. The van der Waals surface area contributed by atoms with Crippen molar-refractivity contribution >= 4 is 11.7 Å². The molecule has 0 bridgehead atoms. The molecule has 0 aromatic heterocycles. The molecule has 0 radical (unpaired) electrons. The maximum Gasteiger partial charge on any atom is 0.342 e. The number of nitrogens with zero attached hydrogens (tertiary/aromatic N) is 1. The quantitative estimate of drug-likeness (QED) is 0.561. The largest absolute Gasteiger partial charge is 0.492 e. The number of rotatable bonds is 5. The van der Waals surface area contributed by atoms with Gasteiger partial charge in [-0.15, -0.1) is 0 Å². The molecule has 0 spiro atoms. The number of ether oxygens (including phenoxy) is 1. The lowest BCUT2D eigenvalue weighted by Crippen LogP contribution is -2.11. The number of nitro benzene ring substituents is 1. The fraction of sp³-hybridized carbons (Fsp3) is 0.222. The highest BCUT2D eigenvalue weighted by molar-refractivity contribution is 5.92. The van der Waals surface area contributed by atoms with Crippen LogP contribution < -0.4 is 10.5 Å². The summed E-state index contributed by atoms with van der Waals surface area (Å²) in [6.45, 7) is 0.496. The molecular formula is C9H10N2O5. The fourth-order valence-corrected chi connectivity index (χ4v) is 1.11. The predicted octanol–water partition coefficient (Wildman–Crippen LogP) is 0.630. The number of carboxylic acids is 1. The van der Waals surface area contributed by atoms with Gasteiger partial charge in [-0.05, 0) is 6.07 Å². The van der Waals surface area contributed by atoms with Crippen LogP contribution in [0.3, 0.4) is 0 Å². The molecule has 1 rings (SSSR count). The third-order valence-electron chi connectivity index (χ3n) is 1.78. The Morgan fingerprint density at radius 1 is 1.56 bits per heavy atom. The Morgan fingerprint density at radius 3 is 2.75 bits per heavy atom. The minimum atomic E-state index is -1.37. The van der Waals surface area contributed by atoms with E-state index in [0.717, 1.165) is 12.1 Å². The number of hydrogen-bond acceptors (Lipinski definition) is 5. The molecule has 0 aliphatic carbocycles. The van der Waals surface area contributed by atoms with Gasteiger partial charge in [0.1, 0.15) is 17.9 Å². The summed E-state index contributed by atoms with van der Waals surface area (Å²) in [6.07, 6.45) is 0. The van der Waals surface area contributed by atoms with Gasteiger partial charge in [0.05, 0.1) is 4.92 Å². The summed E-state index contributed by atoms with van der Waals surface area (Å²) in [6, 6.07) is 3.53. The van der Waals surface area contributed by atoms with Crippen LogP contribution in [0, 0.1) is 10.1 Å². The van der Waals surface area contributed by atoms with E-state index in [2.05, 4.69) is 0 Å². The Kier molecular flexibility index (Phi) is 3.78. The number of carbonyl (C=O) groups is 1. The molecule has 3 N–H and O–H groups in total. The molecule has 7 heteroatoms. The molecule has 1 aromatic rings. The minimum Gasteiger partial charge on any atom is -0.492 e. The van der Waals surface area contributed by atoms with Crippen molar-refractivity contribution in [3.05, 3.63) is 33.9 Å². The first kappa shape index (κ1) is 11.9. The highest BCUT2D eigenvalue weighted by atomic mass is 16.6. The van der Waals surface area contributed by atoms with Crippen LogP contribution in [0.4, 0.5) is 5.69 Å². The zero-order valence-corrected chi connectivity index (χ0v) is 8.25. The van der Waals surface area contributed by atoms with Crippen LogP contribution >= 0.6 is 0 Å². The van der Waals surface area contributed by atoms with Gasteiger partial charge in [0.15, 0.2) is 0 Å². The molecule has 1 aromatic carbocycles. The number of benzene rings is 1. The van der Waals surface area contributed by atoms with E-state index in [1.54, 1.807) is 0 Å². The first-order chi connectivity index (χ1) is 7.56. The van der Waals surface area contributed by atoms with Crippen LogP contribution in [0.1, 0.15) is 10.4 Å². The second-order valence-corrected chi connectivity index (χ2v) is 2.88. The molecule has 0 aliphatic heterocycles. The highest BCUT2D eigenvalue weighted by Gasteiger charge is 2.20. The van der Waals surface area contributed by atoms with Gasteiger partial charge in [-0.1, -0.05) is 0 Å². The predicted molar refractivity (Wildman–Crippen MR) is 54.6 cm³/mol. The van der Waals surface area contributed by atoms with Crippen molar-refractivity contribution in [2.75, 3.05) is 13.2 Å². The Labute approximate surface area is 90.6 Å². The number of carboxylic acid groups (broad SMARTS) is 1. The molecule has 0 atom stereocenters. The maximum absolute atomic E-state index is 10.8. The molecule has 0 saturated carbocycles. The van der Waals surface area contributed by atoms with Gasteiger partial charge in [0, 0.05) is 18.7 Å². The summed E-state index contributed by atoms with van der Waals surface area (Å²) in [7, 11) is 0. The van der Waals surface area contributed by atoms with Crippen molar-refractivity contribution in [3.8, 4) is 5.75 Å². The molecule has 0 amide bonds. The first-order valence-electron chi connectivity index (χ1n) is 4.41. The highest BCUT2D eigenvalue weighted by Crippen LogP contribution is 2.23. The van der Waals surface area contributed by atoms with E-state index >= 15 is 0 Å². The van der Waals surface area contributed by atoms with Crippen LogP contribution in [0.25, 0.3) is 0 Å². The van der Waals surface area contributed by atoms with Crippen LogP contribution in [0.2, 0.25) is 0 Å². The van der Waals surface area contributed by atoms with E-state index in [9.17, 15) is 14.9 Å². The molecule has 7 nitrogen and oxygen atoms in total. The lowest BCUT2D eigenvalue weighted by molar-refractivity contribution is -0.385. The molecule has 0 fully saturated rings. The molecule has 0 aliphatic rings. The Balaban J connectivity index is 3.07. The standard InChI is InChI=1S/C9H10N2O5/c10-3-4-16-6-1-2-8(11(14)15)7(5-6)9(12)13/h1-2,5H,3-4,10H2,(H,12,13). The molecule has 86 valence electrons. The van der Waals surface area contributed by atoms with E-state index in [4.69, 9.17) is 15.6 Å². The van der Waals surface area contributed by atoms with E-state index in [0.29, 0.717) is 0 Å². The topological polar surface area (TPSA) is 116 Å². The fourth-order valence-electron chi connectivity index (χ4n) is 1.11. The summed E-state index contributed by atoms with van der Waals surface area (Å²) in [5, 5.41) is 19.3. The first-order valence-corrected chi connectivity index (χ1v) is 4.41. The zero-order valence-electron chi connectivity index (χ0n) is 8.25. The number of nitrogens with two attached hydrogens (primary N) is 1. The number of aromatic carboxylic acids is 1. The third-order valence-corrected chi connectivity index (χ3v) is 1.78. The van der Waals surface area contributed by atoms with Crippen molar-refractivity contribution < 1.29 is 19.6 Å². The molecular weight excluding hydrogens is 216 g/mol. The number of nitro groups is 1. The van der Waals surface area contributed by atoms with Gasteiger partial charge >= 0.3 is 5.97 Å². The van der Waals surface area contributed by atoms with E-state index < -0.39 is 22.1 Å². The third kappa shape index (κ3) is 2.67. The van der Waals surface area contributed by atoms with Crippen LogP contribution in [0.15, 0.2) is 18.2 Å². The van der Waals surface area contributed by atoms with Crippen molar-refractivity contribution in [3.63, 3.8) is 0 Å². The second kappa shape index (κ2) is 5.08. The molecule has 0 saturated heterocycles. The van der Waals surface area contributed by atoms with Gasteiger partial charge in [0.2, 0.25) is 0 Å². The van der Waals surface area contributed by atoms with Gasteiger partial charge in [-0.25, -0.2) is 4.79 Å². The molecule has 0 unspecified atom stereocenters. The van der Waals surface area contributed by atoms with Crippen LogP contribution in [0.5, 0.6) is 5.75 Å². The summed E-state index contributed by atoms with van der Waals surface area (Å²) < 4.78 is 5.07. The summed E-state index contributed by atoms with van der Waals surface area (Å²) >= 11 is 0. The normalized spacial score (nSPS) is 9.81. The van der Waals surface area contributed by atoms with Gasteiger partial charge in [-0.3, -0.25) is 10.1 Å². The van der Waals surface area contributed by atoms with E-state index in [1.807, 2.05) is 0 Å². The van der Waals surface area contributed by atoms with Gasteiger partial charge in [-0.2, -0.15) is 0 Å². The zero-order chi connectivity index (χ0) is 12.1. The Hall–Kier alpha value is -2.15. The lowest BCUT2D eigenvalue weighted by Gasteiger charge is -2.05. The monoisotopic (exact) mass is 226 g/mol. The average Bonchev–Trinajstić information content (AvgIpc) is 2.25. The van der Waals surface area contributed by atoms with Crippen molar-refractivity contribution in [2.45, 2.75) is 0 Å². The Morgan fingerprint density at radius 2 is 2.25 bits per heavy atom. The lowest BCUT2D eigenvalue weighted by atomic mass is 10.1. The van der Waals surface area contributed by atoms with Crippen molar-refractivity contribution in [1.29, 1.82) is 0 Å². The smallest absolute Gasteiger partial charge is 0.342 e. The van der Waals surface area contributed by atoms with Gasteiger partial charge < -0.3 is 15.6 Å². The van der Waals surface area contributed by atoms with E-state index in [-0.39, 0.29) is 18.9 Å². The summed E-state index contributed by atoms with van der Waals surface area (Å²) in [5.41, 5.74) is 4.33.